The molecule has 1 N–H and O–H groups in total. The Bertz CT molecular complexity index is 423. The van der Waals surface area contributed by atoms with E-state index in [1.165, 1.54) is 6.42 Å². The summed E-state index contributed by atoms with van der Waals surface area (Å²) in [5.74, 6) is 0.797. The van der Waals surface area contributed by atoms with Gasteiger partial charge >= 0.3 is 0 Å². The third-order valence-electron chi connectivity index (χ3n) is 3.99. The van der Waals surface area contributed by atoms with Crippen LogP contribution in [-0.2, 0) is 0 Å². The van der Waals surface area contributed by atoms with Crippen molar-refractivity contribution < 1.29 is 9.84 Å². The average molecular weight is 278 g/mol. The maximum absolute atomic E-state index is 10.5. The van der Waals surface area contributed by atoms with Crippen LogP contribution in [0.1, 0.15) is 25.0 Å². The van der Waals surface area contributed by atoms with Gasteiger partial charge in [0.15, 0.2) is 0 Å². The lowest BCUT2D eigenvalue weighted by Gasteiger charge is -2.23. The van der Waals surface area contributed by atoms with E-state index in [0.29, 0.717) is 19.2 Å². The van der Waals surface area contributed by atoms with Crippen LogP contribution in [0.25, 0.3) is 0 Å². The standard InChI is InChI=1S/C16H26N2O2/c1-4-20-16-8-6-5-7-14(16)15(19)12-18-10-9-13(11-18)17(2)3/h5-8,13,15,19H,4,9-12H2,1-3H3. The van der Waals surface area contributed by atoms with Gasteiger partial charge in [-0.05, 0) is 40.1 Å². The Labute approximate surface area is 122 Å². The van der Waals surface area contributed by atoms with Crippen molar-refractivity contribution in [3.63, 3.8) is 0 Å². The molecule has 0 saturated carbocycles. The number of hydrogen-bond acceptors (Lipinski definition) is 4. The Hall–Kier alpha value is -1.10. The molecule has 1 saturated heterocycles. The van der Waals surface area contributed by atoms with Crippen LogP contribution < -0.4 is 4.74 Å². The number of β-amino-alcohol motifs (C(OH)–C–C–N with tert-alkyl or cyclic N) is 1. The predicted molar refractivity (Wildman–Crippen MR) is 81.1 cm³/mol. The van der Waals surface area contributed by atoms with E-state index in [-0.39, 0.29) is 0 Å². The first kappa shape index (κ1) is 15.3. The van der Waals surface area contributed by atoms with Crippen LogP contribution in [0.3, 0.4) is 0 Å². The van der Waals surface area contributed by atoms with E-state index < -0.39 is 6.10 Å². The summed E-state index contributed by atoms with van der Waals surface area (Å²) in [5, 5.41) is 10.5. The molecule has 0 bridgehead atoms. The van der Waals surface area contributed by atoms with Crippen LogP contribution in [-0.4, -0.2) is 61.3 Å². The van der Waals surface area contributed by atoms with Gasteiger partial charge in [0.1, 0.15) is 5.75 Å². The highest BCUT2D eigenvalue weighted by Gasteiger charge is 2.26. The largest absolute Gasteiger partial charge is 0.493 e. The Morgan fingerprint density at radius 3 is 2.80 bits per heavy atom. The molecule has 0 radical (unpaired) electrons. The maximum Gasteiger partial charge on any atom is 0.125 e. The number of likely N-dealkylation sites (tertiary alicyclic amines) is 1. The second-order valence-electron chi connectivity index (χ2n) is 5.65. The average Bonchev–Trinajstić information content (AvgIpc) is 2.88. The number of para-hydroxylation sites is 1. The van der Waals surface area contributed by atoms with Gasteiger partial charge in [-0.15, -0.1) is 0 Å². The molecular formula is C16H26N2O2. The molecule has 4 heteroatoms. The summed E-state index contributed by atoms with van der Waals surface area (Å²) in [7, 11) is 4.24. The molecule has 1 aliphatic heterocycles. The number of aliphatic hydroxyl groups is 1. The van der Waals surface area contributed by atoms with Gasteiger partial charge in [0.2, 0.25) is 0 Å². The minimum Gasteiger partial charge on any atom is -0.493 e. The van der Waals surface area contributed by atoms with Crippen molar-refractivity contribution in [2.24, 2.45) is 0 Å². The molecule has 0 amide bonds. The highest BCUT2D eigenvalue weighted by atomic mass is 16.5. The number of likely N-dealkylation sites (N-methyl/N-ethyl adjacent to an activating group) is 1. The van der Waals surface area contributed by atoms with Crippen LogP contribution in [0.2, 0.25) is 0 Å². The predicted octanol–water partition coefficient (Wildman–Crippen LogP) is 1.75. The molecule has 20 heavy (non-hydrogen) atoms. The molecule has 4 nitrogen and oxygen atoms in total. The highest BCUT2D eigenvalue weighted by Crippen LogP contribution is 2.27. The molecule has 0 spiro atoms. The van der Waals surface area contributed by atoms with E-state index in [9.17, 15) is 5.11 Å². The molecule has 2 unspecified atom stereocenters. The molecule has 1 aromatic rings. The molecular weight excluding hydrogens is 252 g/mol. The molecule has 1 heterocycles. The van der Waals surface area contributed by atoms with Gasteiger partial charge in [0.25, 0.3) is 0 Å². The van der Waals surface area contributed by atoms with Gasteiger partial charge in [-0.25, -0.2) is 0 Å². The second kappa shape index (κ2) is 7.07. The number of aliphatic hydroxyl groups excluding tert-OH is 1. The quantitative estimate of drug-likeness (QED) is 0.860. The molecule has 1 aromatic carbocycles. The summed E-state index contributed by atoms with van der Waals surface area (Å²) >= 11 is 0. The third kappa shape index (κ3) is 3.72. The van der Waals surface area contributed by atoms with Crippen molar-refractivity contribution in [2.45, 2.75) is 25.5 Å². The van der Waals surface area contributed by atoms with Crippen LogP contribution in [0.4, 0.5) is 0 Å². The summed E-state index contributed by atoms with van der Waals surface area (Å²) in [6, 6.07) is 8.38. The SMILES string of the molecule is CCOc1ccccc1C(O)CN1CCC(N(C)C)C1. The normalized spacial score (nSPS) is 21.4. The fraction of sp³-hybridized carbons (Fsp3) is 0.625. The molecule has 2 atom stereocenters. The molecule has 1 fully saturated rings. The Balaban J connectivity index is 1.97. The van der Waals surface area contributed by atoms with E-state index in [4.69, 9.17) is 4.74 Å². The Morgan fingerprint density at radius 1 is 1.40 bits per heavy atom. The topological polar surface area (TPSA) is 35.9 Å². The monoisotopic (exact) mass is 278 g/mol. The summed E-state index contributed by atoms with van der Waals surface area (Å²) in [6.45, 7) is 5.34. The van der Waals surface area contributed by atoms with Crippen molar-refractivity contribution in [3.05, 3.63) is 29.8 Å². The zero-order chi connectivity index (χ0) is 14.5. The van der Waals surface area contributed by atoms with Crippen LogP contribution in [0.15, 0.2) is 24.3 Å². The van der Waals surface area contributed by atoms with E-state index >= 15 is 0 Å². The number of ether oxygens (including phenoxy) is 1. The first-order valence-electron chi connectivity index (χ1n) is 7.40. The number of nitrogens with zero attached hydrogens (tertiary/aromatic N) is 2. The van der Waals surface area contributed by atoms with Gasteiger partial charge in [-0.1, -0.05) is 18.2 Å². The molecule has 112 valence electrons. The lowest BCUT2D eigenvalue weighted by atomic mass is 10.1. The lowest BCUT2D eigenvalue weighted by molar-refractivity contribution is 0.119. The van der Waals surface area contributed by atoms with Gasteiger partial charge in [-0.3, -0.25) is 4.90 Å². The van der Waals surface area contributed by atoms with Gasteiger partial charge in [0, 0.05) is 24.7 Å². The number of rotatable bonds is 6. The first-order valence-corrected chi connectivity index (χ1v) is 7.40. The van der Waals surface area contributed by atoms with Crippen LogP contribution >= 0.6 is 0 Å². The lowest BCUT2D eigenvalue weighted by Crippen LogP contribution is -2.33. The fourth-order valence-corrected chi connectivity index (χ4v) is 2.79. The van der Waals surface area contributed by atoms with Crippen molar-refractivity contribution in [1.29, 1.82) is 0 Å². The van der Waals surface area contributed by atoms with E-state index in [0.717, 1.165) is 24.4 Å². The minimum absolute atomic E-state index is 0.487. The summed E-state index contributed by atoms with van der Waals surface area (Å²) in [6.07, 6.45) is 0.686. The van der Waals surface area contributed by atoms with Crippen molar-refractivity contribution in [2.75, 3.05) is 40.3 Å². The zero-order valence-electron chi connectivity index (χ0n) is 12.7. The zero-order valence-corrected chi connectivity index (χ0v) is 12.7. The Morgan fingerprint density at radius 2 is 2.15 bits per heavy atom. The van der Waals surface area contributed by atoms with Crippen LogP contribution in [0.5, 0.6) is 5.75 Å². The first-order chi connectivity index (χ1) is 9.61. The van der Waals surface area contributed by atoms with Gasteiger partial charge < -0.3 is 14.7 Å². The fourth-order valence-electron chi connectivity index (χ4n) is 2.79. The highest BCUT2D eigenvalue weighted by molar-refractivity contribution is 5.35. The summed E-state index contributed by atoms with van der Waals surface area (Å²) < 4.78 is 5.60. The van der Waals surface area contributed by atoms with Crippen LogP contribution in [0, 0.1) is 0 Å². The maximum atomic E-state index is 10.5. The van der Waals surface area contributed by atoms with Gasteiger partial charge in [0.05, 0.1) is 12.7 Å². The van der Waals surface area contributed by atoms with E-state index in [1.807, 2.05) is 31.2 Å². The molecule has 0 aliphatic carbocycles. The van der Waals surface area contributed by atoms with E-state index in [1.54, 1.807) is 0 Å². The van der Waals surface area contributed by atoms with Crippen molar-refractivity contribution >= 4 is 0 Å². The van der Waals surface area contributed by atoms with E-state index in [2.05, 4.69) is 23.9 Å². The minimum atomic E-state index is -0.487. The summed E-state index contributed by atoms with van der Waals surface area (Å²) in [4.78, 5) is 4.60. The Kier molecular flexibility index (Phi) is 5.40. The van der Waals surface area contributed by atoms with Crippen molar-refractivity contribution in [3.8, 4) is 5.75 Å². The third-order valence-corrected chi connectivity index (χ3v) is 3.99. The molecule has 1 aliphatic rings. The molecule has 0 aromatic heterocycles. The smallest absolute Gasteiger partial charge is 0.125 e. The second-order valence-corrected chi connectivity index (χ2v) is 5.65. The summed E-state index contributed by atoms with van der Waals surface area (Å²) in [5.41, 5.74) is 0.891. The number of benzene rings is 1. The van der Waals surface area contributed by atoms with Gasteiger partial charge in [-0.2, -0.15) is 0 Å². The molecule has 2 rings (SSSR count). The number of hydrogen-bond donors (Lipinski definition) is 1. The van der Waals surface area contributed by atoms with Crippen molar-refractivity contribution in [1.82, 2.24) is 9.80 Å².